The first kappa shape index (κ1) is 14.7. The molecule has 0 amide bonds. The van der Waals surface area contributed by atoms with Crippen molar-refractivity contribution in [1.29, 1.82) is 0 Å². The maximum atomic E-state index is 9.22. The Labute approximate surface area is 111 Å². The van der Waals surface area contributed by atoms with Crippen LogP contribution < -0.4 is 5.32 Å². The largest absolute Gasteiger partial charge is 0.394 e. The summed E-state index contributed by atoms with van der Waals surface area (Å²) >= 11 is 12.0. The Kier molecular flexibility index (Phi) is 5.22. The number of hydrogen-bond donors (Lipinski definition) is 3. The molecule has 0 saturated heterocycles. The van der Waals surface area contributed by atoms with Crippen molar-refractivity contribution in [2.45, 2.75) is 25.4 Å². The lowest BCUT2D eigenvalue weighted by Crippen LogP contribution is -2.49. The van der Waals surface area contributed by atoms with Crippen LogP contribution >= 0.6 is 23.2 Å². The highest BCUT2D eigenvalue weighted by molar-refractivity contribution is 6.33. The average Bonchev–Trinajstić information content (AvgIpc) is 2.32. The van der Waals surface area contributed by atoms with Crippen LogP contribution in [0.25, 0.3) is 0 Å². The molecule has 0 bridgehead atoms. The van der Waals surface area contributed by atoms with Crippen LogP contribution in [-0.2, 0) is 0 Å². The summed E-state index contributed by atoms with van der Waals surface area (Å²) in [6.07, 6.45) is 0. The van der Waals surface area contributed by atoms with E-state index in [-0.39, 0.29) is 19.3 Å². The van der Waals surface area contributed by atoms with Crippen LogP contribution in [0.15, 0.2) is 18.2 Å². The van der Waals surface area contributed by atoms with Gasteiger partial charge in [-0.3, -0.25) is 0 Å². The Morgan fingerprint density at radius 1 is 1.29 bits per heavy atom. The molecular formula is C12H17Cl2NO2. The van der Waals surface area contributed by atoms with Crippen molar-refractivity contribution in [3.8, 4) is 0 Å². The fraction of sp³-hybridized carbons (Fsp3) is 0.500. The molecule has 3 N–H and O–H groups in total. The normalized spacial score (nSPS) is 13.8. The van der Waals surface area contributed by atoms with Gasteiger partial charge < -0.3 is 15.5 Å². The molecule has 0 aliphatic rings. The summed E-state index contributed by atoms with van der Waals surface area (Å²) in [6.45, 7) is 3.32. The van der Waals surface area contributed by atoms with Crippen LogP contribution in [-0.4, -0.2) is 29.0 Å². The standard InChI is InChI=1S/C12H17Cl2NO2/c1-8(15-12(2,6-16)7-17)10-5-9(13)3-4-11(10)14/h3-5,8,15-17H,6-7H2,1-2H3. The number of hydrogen-bond acceptors (Lipinski definition) is 3. The van der Waals surface area contributed by atoms with Crippen LogP contribution in [0.4, 0.5) is 0 Å². The van der Waals surface area contributed by atoms with Crippen molar-refractivity contribution >= 4 is 23.2 Å². The number of aliphatic hydroxyl groups is 2. The van der Waals surface area contributed by atoms with E-state index in [0.29, 0.717) is 10.0 Å². The van der Waals surface area contributed by atoms with Crippen molar-refractivity contribution in [2.75, 3.05) is 13.2 Å². The van der Waals surface area contributed by atoms with Crippen molar-refractivity contribution in [3.05, 3.63) is 33.8 Å². The summed E-state index contributed by atoms with van der Waals surface area (Å²) in [5.74, 6) is 0. The molecule has 1 aromatic rings. The Morgan fingerprint density at radius 2 is 1.88 bits per heavy atom. The average molecular weight is 278 g/mol. The second-order valence-electron chi connectivity index (χ2n) is 4.41. The van der Waals surface area contributed by atoms with Gasteiger partial charge in [0.25, 0.3) is 0 Å². The monoisotopic (exact) mass is 277 g/mol. The van der Waals surface area contributed by atoms with Crippen LogP contribution in [0.2, 0.25) is 10.0 Å². The molecule has 3 nitrogen and oxygen atoms in total. The van der Waals surface area contributed by atoms with E-state index in [1.165, 1.54) is 0 Å². The molecule has 1 rings (SSSR count). The Hall–Kier alpha value is -0.320. The van der Waals surface area contributed by atoms with Gasteiger partial charge in [0.1, 0.15) is 0 Å². The summed E-state index contributed by atoms with van der Waals surface area (Å²) < 4.78 is 0. The van der Waals surface area contributed by atoms with Crippen LogP contribution in [0, 0.1) is 0 Å². The van der Waals surface area contributed by atoms with E-state index in [0.717, 1.165) is 5.56 Å². The quantitative estimate of drug-likeness (QED) is 0.775. The van der Waals surface area contributed by atoms with Crippen molar-refractivity contribution in [2.24, 2.45) is 0 Å². The molecule has 0 heterocycles. The first-order valence-electron chi connectivity index (χ1n) is 5.36. The first-order chi connectivity index (χ1) is 7.91. The third kappa shape index (κ3) is 3.83. The molecular weight excluding hydrogens is 261 g/mol. The summed E-state index contributed by atoms with van der Waals surface area (Å²) in [5, 5.41) is 22.8. The van der Waals surface area contributed by atoms with Crippen LogP contribution in [0.5, 0.6) is 0 Å². The zero-order chi connectivity index (χ0) is 13.1. The molecule has 1 unspecified atom stereocenters. The molecule has 0 spiro atoms. The van der Waals surface area contributed by atoms with Gasteiger partial charge >= 0.3 is 0 Å². The van der Waals surface area contributed by atoms with Crippen molar-refractivity contribution in [1.82, 2.24) is 5.32 Å². The highest BCUT2D eigenvalue weighted by Gasteiger charge is 2.25. The lowest BCUT2D eigenvalue weighted by Gasteiger charge is -2.31. The minimum absolute atomic E-state index is 0.120. The highest BCUT2D eigenvalue weighted by atomic mass is 35.5. The minimum atomic E-state index is -0.745. The van der Waals surface area contributed by atoms with Gasteiger partial charge in [-0.25, -0.2) is 0 Å². The third-order valence-corrected chi connectivity index (χ3v) is 3.27. The van der Waals surface area contributed by atoms with Crippen molar-refractivity contribution in [3.63, 3.8) is 0 Å². The van der Waals surface area contributed by atoms with E-state index in [4.69, 9.17) is 23.2 Å². The Balaban J connectivity index is 2.89. The van der Waals surface area contributed by atoms with E-state index in [1.807, 2.05) is 6.92 Å². The van der Waals surface area contributed by atoms with Gasteiger partial charge in [-0.1, -0.05) is 23.2 Å². The van der Waals surface area contributed by atoms with E-state index in [1.54, 1.807) is 25.1 Å². The molecule has 0 radical (unpaired) electrons. The molecule has 96 valence electrons. The van der Waals surface area contributed by atoms with Gasteiger partial charge in [-0.15, -0.1) is 0 Å². The number of halogens is 2. The topological polar surface area (TPSA) is 52.5 Å². The zero-order valence-electron chi connectivity index (χ0n) is 9.87. The predicted octanol–water partition coefficient (Wildman–Crippen LogP) is 2.39. The SMILES string of the molecule is CC(NC(C)(CO)CO)c1cc(Cl)ccc1Cl. The van der Waals surface area contributed by atoms with E-state index >= 15 is 0 Å². The second kappa shape index (κ2) is 6.03. The smallest absolute Gasteiger partial charge is 0.0633 e. The Bertz CT molecular complexity index is 381. The number of benzene rings is 1. The van der Waals surface area contributed by atoms with Gasteiger partial charge in [-0.2, -0.15) is 0 Å². The molecule has 17 heavy (non-hydrogen) atoms. The molecule has 1 aromatic carbocycles. The summed E-state index contributed by atoms with van der Waals surface area (Å²) in [4.78, 5) is 0. The number of nitrogens with one attached hydrogen (secondary N) is 1. The second-order valence-corrected chi connectivity index (χ2v) is 5.25. The van der Waals surface area contributed by atoms with E-state index in [2.05, 4.69) is 5.32 Å². The molecule has 0 aliphatic heterocycles. The fourth-order valence-corrected chi connectivity index (χ4v) is 2.05. The van der Waals surface area contributed by atoms with Gasteiger partial charge in [0.2, 0.25) is 0 Å². The van der Waals surface area contributed by atoms with Crippen LogP contribution in [0.3, 0.4) is 0 Å². The van der Waals surface area contributed by atoms with Gasteiger partial charge in [0.05, 0.1) is 18.8 Å². The Morgan fingerprint density at radius 3 is 2.41 bits per heavy atom. The third-order valence-electron chi connectivity index (χ3n) is 2.69. The van der Waals surface area contributed by atoms with Gasteiger partial charge in [0, 0.05) is 16.1 Å². The highest BCUT2D eigenvalue weighted by Crippen LogP contribution is 2.27. The molecule has 0 aliphatic carbocycles. The van der Waals surface area contributed by atoms with Crippen molar-refractivity contribution < 1.29 is 10.2 Å². The van der Waals surface area contributed by atoms with Gasteiger partial charge in [0.15, 0.2) is 0 Å². The fourth-order valence-electron chi connectivity index (χ4n) is 1.59. The van der Waals surface area contributed by atoms with Gasteiger partial charge in [-0.05, 0) is 37.6 Å². The first-order valence-corrected chi connectivity index (χ1v) is 6.12. The summed E-state index contributed by atoms with van der Waals surface area (Å²) in [5.41, 5.74) is 0.0951. The molecule has 0 aromatic heterocycles. The molecule has 0 fully saturated rings. The summed E-state index contributed by atoms with van der Waals surface area (Å²) in [6, 6.07) is 5.10. The van der Waals surface area contributed by atoms with E-state index in [9.17, 15) is 10.2 Å². The number of rotatable bonds is 5. The number of aliphatic hydroxyl groups excluding tert-OH is 2. The lowest BCUT2D eigenvalue weighted by molar-refractivity contribution is 0.0958. The maximum absolute atomic E-state index is 9.22. The lowest BCUT2D eigenvalue weighted by atomic mass is 10.0. The zero-order valence-corrected chi connectivity index (χ0v) is 11.4. The molecule has 5 heteroatoms. The van der Waals surface area contributed by atoms with Crippen LogP contribution in [0.1, 0.15) is 25.5 Å². The predicted molar refractivity (Wildman–Crippen MR) is 70.6 cm³/mol. The minimum Gasteiger partial charge on any atom is -0.394 e. The molecule has 1 atom stereocenters. The summed E-state index contributed by atoms with van der Waals surface area (Å²) in [7, 11) is 0. The molecule has 0 saturated carbocycles. The maximum Gasteiger partial charge on any atom is 0.0633 e. The van der Waals surface area contributed by atoms with E-state index < -0.39 is 5.54 Å².